The monoisotopic (exact) mass is 384 g/mol. The smallest absolute Gasteiger partial charge is 0.236 e. The van der Waals surface area contributed by atoms with Crippen LogP contribution in [0.3, 0.4) is 0 Å². The zero-order valence-electron chi connectivity index (χ0n) is 16.2. The summed E-state index contributed by atoms with van der Waals surface area (Å²) in [5.74, 6) is 2.87. The van der Waals surface area contributed by atoms with Gasteiger partial charge in [0.1, 0.15) is 18.0 Å². The molecule has 0 atom stereocenters. The number of amides is 1. The van der Waals surface area contributed by atoms with Crippen LogP contribution in [0.2, 0.25) is 0 Å². The third-order valence-corrected chi connectivity index (χ3v) is 4.88. The molecule has 0 aliphatic carbocycles. The van der Waals surface area contributed by atoms with Crippen molar-refractivity contribution < 1.29 is 13.7 Å². The molecule has 0 fully saturated rings. The van der Waals surface area contributed by atoms with Crippen LogP contribution in [-0.2, 0) is 37.3 Å². The first kappa shape index (κ1) is 18.4. The number of carbonyl (C=O) groups is 1. The van der Waals surface area contributed by atoms with Gasteiger partial charge in [-0.15, -0.1) is 0 Å². The SMILES string of the molecule is Cc1noc(CC(=O)N2CCc3ncc(CN(C)Cc4ccco4)n3CC2)n1. The van der Waals surface area contributed by atoms with Gasteiger partial charge in [-0.05, 0) is 26.1 Å². The minimum Gasteiger partial charge on any atom is -0.468 e. The van der Waals surface area contributed by atoms with Crippen LogP contribution in [-0.4, -0.2) is 55.5 Å². The summed E-state index contributed by atoms with van der Waals surface area (Å²) in [5.41, 5.74) is 1.14. The van der Waals surface area contributed by atoms with Gasteiger partial charge < -0.3 is 18.4 Å². The van der Waals surface area contributed by atoms with Crippen molar-refractivity contribution >= 4 is 5.91 Å². The fraction of sp³-hybridized carbons (Fsp3) is 0.474. The van der Waals surface area contributed by atoms with E-state index < -0.39 is 0 Å². The summed E-state index contributed by atoms with van der Waals surface area (Å²) in [6.07, 6.45) is 4.50. The first-order valence-electron chi connectivity index (χ1n) is 9.39. The molecule has 9 nitrogen and oxygen atoms in total. The van der Waals surface area contributed by atoms with Crippen LogP contribution in [0.4, 0.5) is 0 Å². The molecule has 9 heteroatoms. The molecule has 0 unspecified atom stereocenters. The van der Waals surface area contributed by atoms with Crippen molar-refractivity contribution in [3.63, 3.8) is 0 Å². The lowest BCUT2D eigenvalue weighted by molar-refractivity contribution is -0.130. The number of nitrogens with zero attached hydrogens (tertiary/aromatic N) is 6. The number of rotatable bonds is 6. The zero-order chi connectivity index (χ0) is 19.5. The highest BCUT2D eigenvalue weighted by Crippen LogP contribution is 2.15. The minimum atomic E-state index is 0.00545. The number of fused-ring (bicyclic) bond motifs is 1. The quantitative estimate of drug-likeness (QED) is 0.634. The fourth-order valence-corrected chi connectivity index (χ4v) is 3.52. The van der Waals surface area contributed by atoms with Gasteiger partial charge in [0.15, 0.2) is 5.82 Å². The average Bonchev–Trinajstić information content (AvgIpc) is 3.36. The highest BCUT2D eigenvalue weighted by atomic mass is 16.5. The van der Waals surface area contributed by atoms with Crippen LogP contribution in [0.5, 0.6) is 0 Å². The molecule has 3 aromatic rings. The zero-order valence-corrected chi connectivity index (χ0v) is 16.2. The number of furan rings is 1. The lowest BCUT2D eigenvalue weighted by Gasteiger charge is -2.20. The van der Waals surface area contributed by atoms with E-state index in [9.17, 15) is 4.79 Å². The van der Waals surface area contributed by atoms with Gasteiger partial charge in [-0.1, -0.05) is 5.16 Å². The Balaban J connectivity index is 1.37. The van der Waals surface area contributed by atoms with E-state index >= 15 is 0 Å². The summed E-state index contributed by atoms with van der Waals surface area (Å²) >= 11 is 0. The van der Waals surface area contributed by atoms with E-state index in [2.05, 4.69) is 31.6 Å². The van der Waals surface area contributed by atoms with Crippen LogP contribution in [0.15, 0.2) is 33.5 Å². The lowest BCUT2D eigenvalue weighted by Crippen LogP contribution is -2.35. The van der Waals surface area contributed by atoms with Gasteiger partial charge in [-0.2, -0.15) is 4.98 Å². The van der Waals surface area contributed by atoms with Crippen LogP contribution in [0.1, 0.15) is 29.0 Å². The van der Waals surface area contributed by atoms with Crippen molar-refractivity contribution in [1.82, 2.24) is 29.5 Å². The van der Waals surface area contributed by atoms with E-state index in [0.29, 0.717) is 24.8 Å². The third kappa shape index (κ3) is 4.14. The van der Waals surface area contributed by atoms with E-state index in [4.69, 9.17) is 8.94 Å². The predicted octanol–water partition coefficient (Wildman–Crippen LogP) is 1.43. The first-order valence-corrected chi connectivity index (χ1v) is 9.39. The molecule has 0 saturated heterocycles. The van der Waals surface area contributed by atoms with E-state index in [1.54, 1.807) is 13.2 Å². The molecular weight excluding hydrogens is 360 g/mol. The summed E-state index contributed by atoms with van der Waals surface area (Å²) in [4.78, 5) is 25.3. The molecule has 28 heavy (non-hydrogen) atoms. The predicted molar refractivity (Wildman–Crippen MR) is 99.1 cm³/mol. The minimum absolute atomic E-state index is 0.00545. The van der Waals surface area contributed by atoms with Crippen molar-refractivity contribution in [3.8, 4) is 0 Å². The van der Waals surface area contributed by atoms with Gasteiger partial charge in [-0.3, -0.25) is 9.69 Å². The number of carbonyl (C=O) groups excluding carboxylic acids is 1. The van der Waals surface area contributed by atoms with E-state index in [1.807, 2.05) is 23.2 Å². The topological polar surface area (TPSA) is 93.4 Å². The van der Waals surface area contributed by atoms with Crippen molar-refractivity contribution in [2.45, 2.75) is 39.4 Å². The number of aromatic nitrogens is 4. The Hall–Kier alpha value is -2.94. The van der Waals surface area contributed by atoms with Crippen molar-refractivity contribution in [1.29, 1.82) is 0 Å². The maximum atomic E-state index is 12.6. The summed E-state index contributed by atoms with van der Waals surface area (Å²) in [5, 5.41) is 3.74. The average molecular weight is 384 g/mol. The number of aryl methyl sites for hydroxylation is 1. The first-order chi connectivity index (χ1) is 13.6. The van der Waals surface area contributed by atoms with Crippen molar-refractivity contribution in [2.24, 2.45) is 0 Å². The second-order valence-electron chi connectivity index (χ2n) is 7.11. The number of hydrogen-bond acceptors (Lipinski definition) is 7. The molecule has 0 radical (unpaired) electrons. The molecule has 0 aromatic carbocycles. The number of imidazole rings is 1. The second-order valence-corrected chi connectivity index (χ2v) is 7.11. The van der Waals surface area contributed by atoms with Gasteiger partial charge in [0.2, 0.25) is 11.8 Å². The Morgan fingerprint density at radius 1 is 1.29 bits per heavy atom. The van der Waals surface area contributed by atoms with Crippen molar-refractivity contribution in [3.05, 3.63) is 53.6 Å². The van der Waals surface area contributed by atoms with E-state index in [1.165, 1.54) is 0 Å². The molecule has 148 valence electrons. The Kier molecular flexibility index (Phi) is 5.25. The molecule has 0 N–H and O–H groups in total. The Labute approximate surface area is 162 Å². The molecule has 0 saturated carbocycles. The third-order valence-electron chi connectivity index (χ3n) is 4.88. The maximum Gasteiger partial charge on any atom is 0.236 e. The van der Waals surface area contributed by atoms with Crippen LogP contribution >= 0.6 is 0 Å². The maximum absolute atomic E-state index is 12.6. The van der Waals surface area contributed by atoms with Gasteiger partial charge in [0.25, 0.3) is 0 Å². The molecule has 1 aliphatic rings. The largest absolute Gasteiger partial charge is 0.468 e. The molecule has 1 aliphatic heterocycles. The molecule has 4 rings (SSSR count). The summed E-state index contributed by atoms with van der Waals surface area (Å²) in [6, 6.07) is 3.87. The number of hydrogen-bond donors (Lipinski definition) is 0. The molecule has 4 heterocycles. The normalized spacial score (nSPS) is 14.3. The van der Waals surface area contributed by atoms with Crippen LogP contribution < -0.4 is 0 Å². The molecule has 1 amide bonds. The Morgan fingerprint density at radius 2 is 2.18 bits per heavy atom. The standard InChI is InChI=1S/C19H24N6O3/c1-14-21-18(28-22-14)10-19(26)24-6-5-17-20-11-15(25(17)8-7-24)12-23(2)13-16-4-3-9-27-16/h3-4,9,11H,5-8,10,12-13H2,1-2H3. The molecular formula is C19H24N6O3. The summed E-state index contributed by atoms with van der Waals surface area (Å²) in [7, 11) is 2.06. The molecule has 3 aromatic heterocycles. The highest BCUT2D eigenvalue weighted by Gasteiger charge is 2.22. The van der Waals surface area contributed by atoms with Gasteiger partial charge in [0, 0.05) is 38.8 Å². The second kappa shape index (κ2) is 7.97. The summed E-state index contributed by atoms with van der Waals surface area (Å²) in [6.45, 7) is 5.26. The van der Waals surface area contributed by atoms with Gasteiger partial charge >= 0.3 is 0 Å². The van der Waals surface area contributed by atoms with Gasteiger partial charge in [0.05, 0.1) is 18.5 Å². The highest BCUT2D eigenvalue weighted by molar-refractivity contribution is 5.77. The molecule has 0 bridgehead atoms. The summed E-state index contributed by atoms with van der Waals surface area (Å²) < 4.78 is 12.7. The van der Waals surface area contributed by atoms with Crippen molar-refractivity contribution in [2.75, 3.05) is 20.1 Å². The van der Waals surface area contributed by atoms with Crippen LogP contribution in [0.25, 0.3) is 0 Å². The van der Waals surface area contributed by atoms with E-state index in [-0.39, 0.29) is 12.3 Å². The lowest BCUT2D eigenvalue weighted by atomic mass is 10.3. The van der Waals surface area contributed by atoms with E-state index in [0.717, 1.165) is 43.3 Å². The fourth-order valence-electron chi connectivity index (χ4n) is 3.52. The molecule has 0 spiro atoms. The Morgan fingerprint density at radius 3 is 2.93 bits per heavy atom. The van der Waals surface area contributed by atoms with Crippen LogP contribution in [0, 0.1) is 6.92 Å². The van der Waals surface area contributed by atoms with Gasteiger partial charge in [-0.25, -0.2) is 4.98 Å². The Bertz CT molecular complexity index is 930.